The van der Waals surface area contributed by atoms with Gasteiger partial charge in [0.15, 0.2) is 0 Å². The van der Waals surface area contributed by atoms with Crippen molar-refractivity contribution >= 4 is 27.8 Å². The van der Waals surface area contributed by atoms with E-state index in [-0.39, 0.29) is 0 Å². The molecule has 0 amide bonds. The maximum absolute atomic E-state index is 12.0. The molecular weight excluding hydrogens is 242 g/mol. The first-order valence-electron chi connectivity index (χ1n) is 4.65. The summed E-state index contributed by atoms with van der Waals surface area (Å²) >= 11 is 1.56. The molecule has 0 radical (unpaired) electrons. The molecule has 0 bridgehead atoms. The summed E-state index contributed by atoms with van der Waals surface area (Å²) < 4.78 is 12.0. The summed E-state index contributed by atoms with van der Waals surface area (Å²) in [6.07, 6.45) is 3.11. The van der Waals surface area contributed by atoms with Crippen LogP contribution in [0.2, 0.25) is 0 Å². The third-order valence-electron chi connectivity index (χ3n) is 2.00. The number of nitrogens with zero attached hydrogens (tertiary/aromatic N) is 2. The SMILES string of the molecule is Cc1nc(CS(=O)c2ccncc2N)cs1. The topological polar surface area (TPSA) is 68.9 Å². The molecule has 0 aliphatic rings. The lowest BCUT2D eigenvalue weighted by atomic mass is 10.4. The van der Waals surface area contributed by atoms with E-state index in [1.165, 1.54) is 6.20 Å². The van der Waals surface area contributed by atoms with E-state index < -0.39 is 10.8 Å². The highest BCUT2D eigenvalue weighted by Crippen LogP contribution is 2.18. The minimum atomic E-state index is -1.15. The molecule has 2 rings (SSSR count). The number of anilines is 1. The Hall–Kier alpha value is -1.27. The van der Waals surface area contributed by atoms with E-state index in [9.17, 15) is 4.21 Å². The molecule has 6 heteroatoms. The molecule has 0 aliphatic carbocycles. The lowest BCUT2D eigenvalue weighted by Crippen LogP contribution is -2.01. The summed E-state index contributed by atoms with van der Waals surface area (Å²) in [4.78, 5) is 8.77. The number of pyridine rings is 1. The molecule has 0 saturated heterocycles. The second-order valence-electron chi connectivity index (χ2n) is 3.26. The lowest BCUT2D eigenvalue weighted by Gasteiger charge is -2.02. The number of aromatic nitrogens is 2. The van der Waals surface area contributed by atoms with Gasteiger partial charge in [0.05, 0.1) is 44.0 Å². The number of nitrogen functional groups attached to an aromatic ring is 1. The smallest absolute Gasteiger partial charge is 0.0897 e. The molecule has 2 aromatic rings. The Morgan fingerprint density at radius 1 is 1.56 bits per heavy atom. The van der Waals surface area contributed by atoms with Gasteiger partial charge in [0.25, 0.3) is 0 Å². The number of nitrogens with two attached hydrogens (primary N) is 1. The standard InChI is InChI=1S/C10H11N3OS2/c1-7-13-8(5-15-7)6-16(14)10-2-3-12-4-9(10)11/h2-5H,6,11H2,1H3. The number of thiazole rings is 1. The largest absolute Gasteiger partial charge is 0.396 e. The molecule has 1 atom stereocenters. The summed E-state index contributed by atoms with van der Waals surface area (Å²) in [5, 5.41) is 2.90. The minimum Gasteiger partial charge on any atom is -0.396 e. The van der Waals surface area contributed by atoms with Crippen LogP contribution in [0.4, 0.5) is 5.69 Å². The van der Waals surface area contributed by atoms with Gasteiger partial charge >= 0.3 is 0 Å². The molecule has 0 aliphatic heterocycles. The fraction of sp³-hybridized carbons (Fsp3) is 0.200. The summed E-state index contributed by atoms with van der Waals surface area (Å²) in [6, 6.07) is 1.69. The fourth-order valence-corrected chi connectivity index (χ4v) is 3.11. The highest BCUT2D eigenvalue weighted by atomic mass is 32.2. The average molecular weight is 253 g/mol. The van der Waals surface area contributed by atoms with Gasteiger partial charge < -0.3 is 5.73 Å². The van der Waals surface area contributed by atoms with E-state index in [0.29, 0.717) is 16.3 Å². The third-order valence-corrected chi connectivity index (χ3v) is 4.24. The van der Waals surface area contributed by atoms with Crippen LogP contribution in [0, 0.1) is 6.92 Å². The van der Waals surface area contributed by atoms with Crippen molar-refractivity contribution in [2.75, 3.05) is 5.73 Å². The van der Waals surface area contributed by atoms with Crippen LogP contribution in [0.3, 0.4) is 0 Å². The highest BCUT2D eigenvalue weighted by molar-refractivity contribution is 7.84. The summed E-state index contributed by atoms with van der Waals surface area (Å²) in [6.45, 7) is 1.93. The predicted octanol–water partition coefficient (Wildman–Crippen LogP) is 1.74. The van der Waals surface area contributed by atoms with E-state index >= 15 is 0 Å². The predicted molar refractivity (Wildman–Crippen MR) is 65.6 cm³/mol. The Bertz CT molecular complexity index is 524. The van der Waals surface area contributed by atoms with Crippen LogP contribution in [0.15, 0.2) is 28.7 Å². The molecule has 84 valence electrons. The van der Waals surface area contributed by atoms with Crippen LogP contribution in [0.1, 0.15) is 10.7 Å². The molecule has 0 fully saturated rings. The van der Waals surface area contributed by atoms with Crippen LogP contribution >= 0.6 is 11.3 Å². The minimum absolute atomic E-state index is 0.401. The van der Waals surface area contributed by atoms with Crippen LogP contribution in [-0.4, -0.2) is 14.2 Å². The molecule has 2 heterocycles. The molecule has 4 nitrogen and oxygen atoms in total. The summed E-state index contributed by atoms with van der Waals surface area (Å²) in [5.74, 6) is 0.401. The van der Waals surface area contributed by atoms with Crippen molar-refractivity contribution in [3.05, 3.63) is 34.5 Å². The maximum atomic E-state index is 12.0. The molecule has 0 spiro atoms. The van der Waals surface area contributed by atoms with Crippen molar-refractivity contribution < 1.29 is 4.21 Å². The number of aryl methyl sites for hydroxylation is 1. The van der Waals surface area contributed by atoms with Crippen LogP contribution in [0.5, 0.6) is 0 Å². The Kier molecular flexibility index (Phi) is 3.31. The van der Waals surface area contributed by atoms with Crippen molar-refractivity contribution in [1.82, 2.24) is 9.97 Å². The molecule has 0 aromatic carbocycles. The second kappa shape index (κ2) is 4.71. The van der Waals surface area contributed by atoms with Crippen molar-refractivity contribution in [2.24, 2.45) is 0 Å². The maximum Gasteiger partial charge on any atom is 0.0897 e. The van der Waals surface area contributed by atoms with E-state index in [1.54, 1.807) is 23.6 Å². The van der Waals surface area contributed by atoms with E-state index in [1.807, 2.05) is 12.3 Å². The van der Waals surface area contributed by atoms with E-state index in [4.69, 9.17) is 5.73 Å². The zero-order valence-electron chi connectivity index (χ0n) is 8.71. The summed E-state index contributed by atoms with van der Waals surface area (Å²) in [7, 11) is -1.15. The van der Waals surface area contributed by atoms with Gasteiger partial charge in [-0.15, -0.1) is 11.3 Å². The first kappa shape index (κ1) is 11.2. The van der Waals surface area contributed by atoms with Gasteiger partial charge in [-0.05, 0) is 13.0 Å². The lowest BCUT2D eigenvalue weighted by molar-refractivity contribution is 0.682. The first-order valence-corrected chi connectivity index (χ1v) is 6.85. The fourth-order valence-electron chi connectivity index (χ4n) is 1.29. The van der Waals surface area contributed by atoms with Crippen LogP contribution in [-0.2, 0) is 16.6 Å². The number of hydrogen-bond donors (Lipinski definition) is 1. The molecular formula is C10H11N3OS2. The zero-order chi connectivity index (χ0) is 11.5. The van der Waals surface area contributed by atoms with Gasteiger partial charge in [-0.2, -0.15) is 0 Å². The van der Waals surface area contributed by atoms with Crippen molar-refractivity contribution in [3.63, 3.8) is 0 Å². The average Bonchev–Trinajstić information content (AvgIpc) is 2.64. The van der Waals surface area contributed by atoms with Crippen molar-refractivity contribution in [1.29, 1.82) is 0 Å². The van der Waals surface area contributed by atoms with Crippen molar-refractivity contribution in [3.8, 4) is 0 Å². The Morgan fingerprint density at radius 2 is 2.38 bits per heavy atom. The van der Waals surface area contributed by atoms with Gasteiger partial charge in [-0.25, -0.2) is 4.98 Å². The Morgan fingerprint density at radius 3 is 3.00 bits per heavy atom. The monoisotopic (exact) mass is 253 g/mol. The van der Waals surface area contributed by atoms with Gasteiger partial charge in [0, 0.05) is 11.6 Å². The van der Waals surface area contributed by atoms with Crippen LogP contribution < -0.4 is 5.73 Å². The molecule has 0 saturated carbocycles. The molecule has 2 N–H and O–H groups in total. The van der Waals surface area contributed by atoms with E-state index in [0.717, 1.165) is 10.7 Å². The van der Waals surface area contributed by atoms with Gasteiger partial charge in [-0.1, -0.05) is 0 Å². The van der Waals surface area contributed by atoms with Crippen molar-refractivity contribution in [2.45, 2.75) is 17.6 Å². The van der Waals surface area contributed by atoms with Gasteiger partial charge in [0.2, 0.25) is 0 Å². The quantitative estimate of drug-likeness (QED) is 0.904. The highest BCUT2D eigenvalue weighted by Gasteiger charge is 2.10. The molecule has 2 aromatic heterocycles. The molecule has 16 heavy (non-hydrogen) atoms. The zero-order valence-corrected chi connectivity index (χ0v) is 10.3. The number of hydrogen-bond acceptors (Lipinski definition) is 5. The second-order valence-corrected chi connectivity index (χ2v) is 5.74. The van der Waals surface area contributed by atoms with E-state index in [2.05, 4.69) is 9.97 Å². The van der Waals surface area contributed by atoms with Crippen LogP contribution in [0.25, 0.3) is 0 Å². The number of rotatable bonds is 3. The van der Waals surface area contributed by atoms with Gasteiger partial charge in [-0.3, -0.25) is 9.19 Å². The Labute approximate surface area is 100 Å². The third kappa shape index (κ3) is 2.45. The normalized spacial score (nSPS) is 12.6. The summed E-state index contributed by atoms with van der Waals surface area (Å²) in [5.41, 5.74) is 7.02. The van der Waals surface area contributed by atoms with Gasteiger partial charge in [0.1, 0.15) is 0 Å². The first-order chi connectivity index (χ1) is 7.66. The molecule has 1 unspecified atom stereocenters. The Balaban J connectivity index is 2.18.